The SMILES string of the molecule is CC(C)CC(C=O)CCO. The van der Waals surface area contributed by atoms with E-state index in [9.17, 15) is 4.79 Å². The number of hydrogen-bond acceptors (Lipinski definition) is 2. The summed E-state index contributed by atoms with van der Waals surface area (Å²) in [6, 6.07) is 0. The topological polar surface area (TPSA) is 37.3 Å². The summed E-state index contributed by atoms with van der Waals surface area (Å²) in [7, 11) is 0. The molecule has 2 heteroatoms. The van der Waals surface area contributed by atoms with Gasteiger partial charge in [-0.05, 0) is 18.8 Å². The zero-order valence-electron chi connectivity index (χ0n) is 6.71. The van der Waals surface area contributed by atoms with Crippen molar-refractivity contribution in [1.82, 2.24) is 0 Å². The van der Waals surface area contributed by atoms with E-state index in [1.165, 1.54) is 0 Å². The van der Waals surface area contributed by atoms with Crippen molar-refractivity contribution in [2.75, 3.05) is 6.61 Å². The van der Waals surface area contributed by atoms with Crippen molar-refractivity contribution in [2.24, 2.45) is 11.8 Å². The van der Waals surface area contributed by atoms with Gasteiger partial charge in [-0.1, -0.05) is 13.8 Å². The van der Waals surface area contributed by atoms with Gasteiger partial charge in [0.05, 0.1) is 0 Å². The Kier molecular flexibility index (Phi) is 5.22. The van der Waals surface area contributed by atoms with Crippen LogP contribution in [0.15, 0.2) is 0 Å². The number of aldehydes is 1. The highest BCUT2D eigenvalue weighted by Gasteiger charge is 2.07. The van der Waals surface area contributed by atoms with E-state index in [0.29, 0.717) is 12.3 Å². The van der Waals surface area contributed by atoms with Crippen molar-refractivity contribution in [3.05, 3.63) is 0 Å². The van der Waals surface area contributed by atoms with Crippen LogP contribution >= 0.6 is 0 Å². The van der Waals surface area contributed by atoms with E-state index in [1.54, 1.807) is 0 Å². The quantitative estimate of drug-likeness (QED) is 0.589. The summed E-state index contributed by atoms with van der Waals surface area (Å²) in [5, 5.41) is 8.52. The highest BCUT2D eigenvalue weighted by Crippen LogP contribution is 2.11. The van der Waals surface area contributed by atoms with Crippen molar-refractivity contribution >= 4 is 6.29 Å². The molecule has 0 amide bonds. The van der Waals surface area contributed by atoms with Crippen LogP contribution in [0.5, 0.6) is 0 Å². The third kappa shape index (κ3) is 4.50. The second-order valence-electron chi connectivity index (χ2n) is 3.04. The molecule has 0 heterocycles. The fourth-order valence-electron chi connectivity index (χ4n) is 1.01. The van der Waals surface area contributed by atoms with Crippen molar-refractivity contribution in [3.63, 3.8) is 0 Å². The second kappa shape index (κ2) is 5.42. The van der Waals surface area contributed by atoms with Crippen LogP contribution in [0.1, 0.15) is 26.7 Å². The zero-order valence-corrected chi connectivity index (χ0v) is 6.71. The Balaban J connectivity index is 3.49. The predicted molar refractivity (Wildman–Crippen MR) is 40.7 cm³/mol. The normalized spacial score (nSPS) is 13.6. The molecule has 1 N–H and O–H groups in total. The van der Waals surface area contributed by atoms with Gasteiger partial charge >= 0.3 is 0 Å². The first-order valence-corrected chi connectivity index (χ1v) is 3.76. The number of aliphatic hydroxyl groups is 1. The van der Waals surface area contributed by atoms with E-state index in [2.05, 4.69) is 13.8 Å². The van der Waals surface area contributed by atoms with Crippen LogP contribution < -0.4 is 0 Å². The number of aliphatic hydroxyl groups excluding tert-OH is 1. The maximum absolute atomic E-state index is 10.3. The minimum Gasteiger partial charge on any atom is -0.396 e. The number of rotatable bonds is 5. The molecule has 0 fully saturated rings. The average molecular weight is 144 g/mol. The fraction of sp³-hybridized carbons (Fsp3) is 0.875. The summed E-state index contributed by atoms with van der Waals surface area (Å²) in [5.74, 6) is 0.603. The van der Waals surface area contributed by atoms with Crippen molar-refractivity contribution in [2.45, 2.75) is 26.7 Å². The van der Waals surface area contributed by atoms with E-state index >= 15 is 0 Å². The molecule has 0 rings (SSSR count). The zero-order chi connectivity index (χ0) is 7.98. The maximum Gasteiger partial charge on any atom is 0.123 e. The molecule has 1 unspecified atom stereocenters. The molecule has 0 saturated heterocycles. The van der Waals surface area contributed by atoms with E-state index in [1.807, 2.05) is 0 Å². The van der Waals surface area contributed by atoms with E-state index < -0.39 is 0 Å². The Morgan fingerprint density at radius 3 is 2.40 bits per heavy atom. The molecule has 10 heavy (non-hydrogen) atoms. The molecule has 0 aromatic rings. The Labute approximate surface area is 62.2 Å². The monoisotopic (exact) mass is 144 g/mol. The third-order valence-electron chi connectivity index (χ3n) is 1.47. The molecule has 0 bridgehead atoms. The minimum absolute atomic E-state index is 0.0602. The Morgan fingerprint density at radius 1 is 1.50 bits per heavy atom. The first kappa shape index (κ1) is 9.63. The van der Waals surface area contributed by atoms with Gasteiger partial charge in [0.25, 0.3) is 0 Å². The lowest BCUT2D eigenvalue weighted by Gasteiger charge is -2.09. The van der Waals surface area contributed by atoms with Crippen LogP contribution in [0.25, 0.3) is 0 Å². The highest BCUT2D eigenvalue weighted by atomic mass is 16.3. The van der Waals surface area contributed by atoms with Gasteiger partial charge in [-0.15, -0.1) is 0 Å². The minimum atomic E-state index is 0.0602. The molecule has 0 aliphatic heterocycles. The average Bonchev–Trinajstić information content (AvgIpc) is 1.86. The molecular weight excluding hydrogens is 128 g/mol. The number of carbonyl (C=O) groups is 1. The molecule has 0 aliphatic rings. The van der Waals surface area contributed by atoms with Crippen LogP contribution in [0.4, 0.5) is 0 Å². The lowest BCUT2D eigenvalue weighted by molar-refractivity contribution is -0.112. The van der Waals surface area contributed by atoms with Gasteiger partial charge in [0.1, 0.15) is 6.29 Å². The standard InChI is InChI=1S/C8H16O2/c1-7(2)5-8(6-10)3-4-9/h6-9H,3-5H2,1-2H3. The number of carbonyl (C=O) groups excluding carboxylic acids is 1. The summed E-state index contributed by atoms with van der Waals surface area (Å²) in [4.78, 5) is 10.3. The van der Waals surface area contributed by atoms with Gasteiger partial charge in [0.2, 0.25) is 0 Å². The Hall–Kier alpha value is -0.370. The third-order valence-corrected chi connectivity index (χ3v) is 1.47. The predicted octanol–water partition coefficient (Wildman–Crippen LogP) is 1.23. The summed E-state index contributed by atoms with van der Waals surface area (Å²) < 4.78 is 0. The van der Waals surface area contributed by atoms with Crippen LogP contribution in [0, 0.1) is 11.8 Å². The maximum atomic E-state index is 10.3. The number of hydrogen-bond donors (Lipinski definition) is 1. The first-order valence-electron chi connectivity index (χ1n) is 3.76. The summed E-state index contributed by atoms with van der Waals surface area (Å²) in [6.45, 7) is 4.28. The molecule has 0 aliphatic carbocycles. The molecule has 1 atom stereocenters. The van der Waals surface area contributed by atoms with Gasteiger partial charge < -0.3 is 9.90 Å². The molecule has 2 nitrogen and oxygen atoms in total. The van der Waals surface area contributed by atoms with Crippen LogP contribution in [0.3, 0.4) is 0 Å². The van der Waals surface area contributed by atoms with Crippen molar-refractivity contribution in [3.8, 4) is 0 Å². The summed E-state index contributed by atoms with van der Waals surface area (Å²) in [6.07, 6.45) is 2.45. The van der Waals surface area contributed by atoms with E-state index in [0.717, 1.165) is 12.7 Å². The van der Waals surface area contributed by atoms with Crippen molar-refractivity contribution < 1.29 is 9.90 Å². The smallest absolute Gasteiger partial charge is 0.123 e. The Bertz CT molecular complexity index is 89.3. The molecule has 0 aromatic carbocycles. The fourth-order valence-corrected chi connectivity index (χ4v) is 1.01. The van der Waals surface area contributed by atoms with Crippen LogP contribution in [0.2, 0.25) is 0 Å². The Morgan fingerprint density at radius 2 is 2.10 bits per heavy atom. The molecule has 0 radical (unpaired) electrons. The molecule has 0 saturated carbocycles. The van der Waals surface area contributed by atoms with Gasteiger partial charge in [0, 0.05) is 12.5 Å². The van der Waals surface area contributed by atoms with Gasteiger partial charge in [0.15, 0.2) is 0 Å². The molecular formula is C8H16O2. The lowest BCUT2D eigenvalue weighted by Crippen LogP contribution is -2.07. The summed E-state index contributed by atoms with van der Waals surface area (Å²) >= 11 is 0. The molecule has 60 valence electrons. The molecule has 0 spiro atoms. The second-order valence-corrected chi connectivity index (χ2v) is 3.04. The largest absolute Gasteiger partial charge is 0.396 e. The van der Waals surface area contributed by atoms with Gasteiger partial charge in [-0.3, -0.25) is 0 Å². The first-order chi connectivity index (χ1) is 4.70. The van der Waals surface area contributed by atoms with Crippen LogP contribution in [-0.2, 0) is 4.79 Å². The van der Waals surface area contributed by atoms with E-state index in [4.69, 9.17) is 5.11 Å². The van der Waals surface area contributed by atoms with Gasteiger partial charge in [-0.2, -0.15) is 0 Å². The van der Waals surface area contributed by atoms with Crippen LogP contribution in [-0.4, -0.2) is 18.0 Å². The van der Waals surface area contributed by atoms with Gasteiger partial charge in [-0.25, -0.2) is 0 Å². The summed E-state index contributed by atoms with van der Waals surface area (Å²) in [5.41, 5.74) is 0. The lowest BCUT2D eigenvalue weighted by atomic mass is 9.96. The molecule has 0 aromatic heterocycles. The highest BCUT2D eigenvalue weighted by molar-refractivity contribution is 5.53. The van der Waals surface area contributed by atoms with Crippen molar-refractivity contribution in [1.29, 1.82) is 0 Å². The van der Waals surface area contributed by atoms with E-state index in [-0.39, 0.29) is 12.5 Å².